The Bertz CT molecular complexity index is 3560. The number of aromatic nitrogens is 4. The number of hydrogen-bond donors (Lipinski definition) is 0. The number of rotatable bonds is 6. The van der Waals surface area contributed by atoms with E-state index in [4.69, 9.17) is 15.1 Å². The van der Waals surface area contributed by atoms with Gasteiger partial charge in [0.15, 0.2) is 5.82 Å². The van der Waals surface area contributed by atoms with Crippen molar-refractivity contribution in [3.8, 4) is 56.2 Å². The highest BCUT2D eigenvalue weighted by atomic mass is 15.2. The van der Waals surface area contributed by atoms with Crippen molar-refractivity contribution < 1.29 is 0 Å². The maximum Gasteiger partial charge on any atom is 0.160 e. The number of benzene rings is 8. The van der Waals surface area contributed by atoms with Gasteiger partial charge in [-0.05, 0) is 68.6 Å². The first-order valence-electron chi connectivity index (χ1n) is 21.0. The smallest absolute Gasteiger partial charge is 0.160 e. The summed E-state index contributed by atoms with van der Waals surface area (Å²) in [6, 6.07) is 67.0. The third-order valence-corrected chi connectivity index (χ3v) is 12.2. The molecule has 11 aromatic rings. The number of allylic oxidation sites excluding steroid dienone is 4. The van der Waals surface area contributed by atoms with E-state index in [0.717, 1.165) is 96.5 Å². The number of hydrogen-bond acceptors (Lipinski definition) is 3. The van der Waals surface area contributed by atoms with Crippen LogP contribution in [0.5, 0.6) is 0 Å². The van der Waals surface area contributed by atoms with Gasteiger partial charge in [0, 0.05) is 38.6 Å². The van der Waals surface area contributed by atoms with Crippen molar-refractivity contribution in [2.24, 2.45) is 0 Å². The molecule has 0 amide bonds. The zero-order valence-corrected chi connectivity index (χ0v) is 33.3. The van der Waals surface area contributed by atoms with Crippen molar-refractivity contribution in [1.29, 1.82) is 0 Å². The predicted molar refractivity (Wildman–Crippen MR) is 254 cm³/mol. The fraction of sp³-hybridized carbons (Fsp3) is 0.0351. The Balaban J connectivity index is 1.15. The van der Waals surface area contributed by atoms with Crippen LogP contribution >= 0.6 is 0 Å². The molecule has 4 heteroatoms. The quantitative estimate of drug-likeness (QED) is 0.158. The second-order valence-electron chi connectivity index (χ2n) is 15.8. The Morgan fingerprint density at radius 3 is 1.79 bits per heavy atom. The molecule has 0 aliphatic heterocycles. The molecule has 4 nitrogen and oxygen atoms in total. The molecule has 0 unspecified atom stereocenters. The van der Waals surface area contributed by atoms with Crippen LogP contribution in [0, 0.1) is 0 Å². The van der Waals surface area contributed by atoms with E-state index in [0.29, 0.717) is 0 Å². The molecule has 0 saturated heterocycles. The minimum absolute atomic E-state index is 0.719. The van der Waals surface area contributed by atoms with Crippen LogP contribution in [0.4, 0.5) is 0 Å². The summed E-state index contributed by atoms with van der Waals surface area (Å²) in [5.74, 6) is 0.719. The normalized spacial score (nSPS) is 12.8. The van der Waals surface area contributed by atoms with Gasteiger partial charge in [0.05, 0.1) is 22.4 Å². The minimum Gasteiger partial charge on any atom is -0.231 e. The maximum absolute atomic E-state index is 5.79. The highest BCUT2D eigenvalue weighted by Gasteiger charge is 2.27. The summed E-state index contributed by atoms with van der Waals surface area (Å²) in [7, 11) is 0. The molecular weight excluding hydrogens is 741 g/mol. The van der Waals surface area contributed by atoms with Gasteiger partial charge in [-0.1, -0.05) is 194 Å². The topological polar surface area (TPSA) is 43.1 Å². The molecule has 0 spiro atoms. The monoisotopic (exact) mass is 778 g/mol. The third kappa shape index (κ3) is 5.79. The summed E-state index contributed by atoms with van der Waals surface area (Å²) in [4.78, 5) is 10.2. The van der Waals surface area contributed by atoms with Gasteiger partial charge in [0.2, 0.25) is 0 Å². The summed E-state index contributed by atoms with van der Waals surface area (Å²) >= 11 is 0. The third-order valence-electron chi connectivity index (χ3n) is 12.2. The Kier molecular flexibility index (Phi) is 8.27. The molecule has 1 aliphatic carbocycles. The second kappa shape index (κ2) is 14.4. The van der Waals surface area contributed by atoms with E-state index >= 15 is 0 Å². The number of para-hydroxylation sites is 1. The van der Waals surface area contributed by atoms with Gasteiger partial charge < -0.3 is 0 Å². The van der Waals surface area contributed by atoms with Gasteiger partial charge in [0.1, 0.15) is 5.69 Å². The SMILES string of the molecule is C1=CC(c2c(-c3ccc(-c4nc(-c5ccccc5)nc5ccccc45)cc3)c3ccccc3c3c(-c4ccccc4)c(-c4cc5ccccc5c5ccccc45)nn23)=CCC1. The Hall–Kier alpha value is -7.95. The van der Waals surface area contributed by atoms with Crippen LogP contribution in [-0.2, 0) is 0 Å². The van der Waals surface area contributed by atoms with Crippen molar-refractivity contribution in [2.75, 3.05) is 0 Å². The fourth-order valence-corrected chi connectivity index (χ4v) is 9.44. The van der Waals surface area contributed by atoms with Gasteiger partial charge >= 0.3 is 0 Å². The molecule has 0 radical (unpaired) electrons. The summed E-state index contributed by atoms with van der Waals surface area (Å²) in [5, 5.41) is 14.0. The van der Waals surface area contributed by atoms with Gasteiger partial charge in [0.25, 0.3) is 0 Å². The Morgan fingerprint density at radius 2 is 1.03 bits per heavy atom. The summed E-state index contributed by atoms with van der Waals surface area (Å²) in [5.41, 5.74) is 13.9. The largest absolute Gasteiger partial charge is 0.231 e. The van der Waals surface area contributed by atoms with E-state index in [1.807, 2.05) is 24.3 Å². The van der Waals surface area contributed by atoms with E-state index in [-0.39, 0.29) is 0 Å². The van der Waals surface area contributed by atoms with E-state index in [1.54, 1.807) is 0 Å². The van der Waals surface area contributed by atoms with Crippen molar-refractivity contribution in [2.45, 2.75) is 12.8 Å². The number of pyridine rings is 1. The molecule has 0 bridgehead atoms. The molecular formula is C57H38N4. The Labute approximate surface area is 353 Å². The second-order valence-corrected chi connectivity index (χ2v) is 15.8. The number of fused-ring (bicyclic) bond motifs is 7. The highest BCUT2D eigenvalue weighted by Crippen LogP contribution is 2.47. The standard InChI is InChI=1S/C57H38N4/c1-4-18-37(19-5-1)52-54(49-36-42-24-10-11-25-43(42)44-26-12-13-27-45(44)49)60-61-55(40-20-6-2-7-21-40)51(46-28-14-15-29-47(46)56(52)61)38-32-34-39(35-33-38)53-48-30-16-17-31-50(48)58-57(59-53)41-22-8-3-9-23-41/h1,3-6,8-36H,2,7H2. The minimum atomic E-state index is 0.719. The number of nitrogens with zero attached hydrogens (tertiary/aromatic N) is 4. The summed E-state index contributed by atoms with van der Waals surface area (Å²) in [6.07, 6.45) is 8.96. The van der Waals surface area contributed by atoms with Crippen LogP contribution in [0.3, 0.4) is 0 Å². The first-order valence-corrected chi connectivity index (χ1v) is 21.0. The van der Waals surface area contributed by atoms with Crippen LogP contribution < -0.4 is 0 Å². The van der Waals surface area contributed by atoms with E-state index < -0.39 is 0 Å². The average molecular weight is 779 g/mol. The molecule has 0 N–H and O–H groups in total. The van der Waals surface area contributed by atoms with Gasteiger partial charge in [-0.15, -0.1) is 0 Å². The molecule has 286 valence electrons. The van der Waals surface area contributed by atoms with Crippen molar-refractivity contribution in [3.63, 3.8) is 0 Å². The van der Waals surface area contributed by atoms with Crippen molar-refractivity contribution in [1.82, 2.24) is 19.6 Å². The zero-order chi connectivity index (χ0) is 40.3. The van der Waals surface area contributed by atoms with Crippen LogP contribution in [0.25, 0.3) is 110 Å². The highest BCUT2D eigenvalue weighted by molar-refractivity contribution is 6.18. The van der Waals surface area contributed by atoms with Crippen LogP contribution in [-0.4, -0.2) is 19.6 Å². The molecule has 0 atom stereocenters. The molecule has 3 heterocycles. The lowest BCUT2D eigenvalue weighted by molar-refractivity contribution is 0.949. The molecule has 0 saturated carbocycles. The van der Waals surface area contributed by atoms with Gasteiger partial charge in [-0.3, -0.25) is 0 Å². The molecule has 61 heavy (non-hydrogen) atoms. The molecule has 0 fully saturated rings. The predicted octanol–water partition coefficient (Wildman–Crippen LogP) is 14.8. The molecule has 3 aromatic heterocycles. The van der Waals surface area contributed by atoms with Crippen molar-refractivity contribution in [3.05, 3.63) is 212 Å². The zero-order valence-electron chi connectivity index (χ0n) is 33.3. The molecule has 12 rings (SSSR count). The van der Waals surface area contributed by atoms with Crippen molar-refractivity contribution >= 4 is 54.3 Å². The lowest BCUT2D eigenvalue weighted by Gasteiger charge is -2.19. The summed E-state index contributed by atoms with van der Waals surface area (Å²) < 4.78 is 2.26. The van der Waals surface area contributed by atoms with E-state index in [2.05, 4.69) is 187 Å². The summed E-state index contributed by atoms with van der Waals surface area (Å²) in [6.45, 7) is 0. The first-order chi connectivity index (χ1) is 30.3. The molecule has 1 aliphatic rings. The van der Waals surface area contributed by atoms with Crippen LogP contribution in [0.1, 0.15) is 18.5 Å². The fourth-order valence-electron chi connectivity index (χ4n) is 9.44. The van der Waals surface area contributed by atoms with Gasteiger partial charge in [-0.2, -0.15) is 5.10 Å². The van der Waals surface area contributed by atoms with E-state index in [9.17, 15) is 0 Å². The Morgan fingerprint density at radius 1 is 0.426 bits per heavy atom. The molecule has 8 aromatic carbocycles. The first kappa shape index (κ1) is 35.0. The maximum atomic E-state index is 5.79. The van der Waals surface area contributed by atoms with Crippen LogP contribution in [0.2, 0.25) is 0 Å². The lowest BCUT2D eigenvalue weighted by Crippen LogP contribution is -2.04. The van der Waals surface area contributed by atoms with Gasteiger partial charge in [-0.25, -0.2) is 14.5 Å². The lowest BCUT2D eigenvalue weighted by atomic mass is 9.89. The van der Waals surface area contributed by atoms with E-state index in [1.165, 1.54) is 32.5 Å². The average Bonchev–Trinajstić information content (AvgIpc) is 3.74. The van der Waals surface area contributed by atoms with Crippen LogP contribution in [0.15, 0.2) is 206 Å².